The molecule has 1 N–H and O–H groups in total. The van der Waals surface area contributed by atoms with Crippen LogP contribution >= 0.6 is 0 Å². The molecular weight excluding hydrogens is 212 g/mol. The van der Waals surface area contributed by atoms with Crippen LogP contribution in [0.1, 0.15) is 5.56 Å². The maximum atomic E-state index is 10.4. The molecule has 0 aromatic carbocycles. The number of nitro groups is 1. The van der Waals surface area contributed by atoms with Crippen LogP contribution in [0.15, 0.2) is 12.3 Å². The van der Waals surface area contributed by atoms with E-state index in [9.17, 15) is 10.1 Å². The van der Waals surface area contributed by atoms with Crippen molar-refractivity contribution in [2.24, 2.45) is 0 Å². The van der Waals surface area contributed by atoms with Crippen molar-refractivity contribution in [2.45, 2.75) is 0 Å². The molecule has 0 fully saturated rings. The molecule has 16 heavy (non-hydrogen) atoms. The van der Waals surface area contributed by atoms with Gasteiger partial charge in [0.25, 0.3) is 5.69 Å². The topological polar surface area (TPSA) is 101 Å². The van der Waals surface area contributed by atoms with Crippen molar-refractivity contribution in [2.75, 3.05) is 20.2 Å². The average Bonchev–Trinajstić information content (AvgIpc) is 2.29. The van der Waals surface area contributed by atoms with Gasteiger partial charge in [0, 0.05) is 12.6 Å². The van der Waals surface area contributed by atoms with E-state index in [2.05, 4.69) is 10.3 Å². The lowest BCUT2D eigenvalue weighted by Gasteiger charge is -2.05. The zero-order chi connectivity index (χ0) is 12.0. The molecule has 1 aromatic heterocycles. The third kappa shape index (κ3) is 2.90. The zero-order valence-electron chi connectivity index (χ0n) is 8.64. The van der Waals surface area contributed by atoms with Crippen LogP contribution in [0, 0.1) is 21.4 Å². The van der Waals surface area contributed by atoms with E-state index in [-0.39, 0.29) is 17.1 Å². The lowest BCUT2D eigenvalue weighted by molar-refractivity contribution is -0.385. The highest BCUT2D eigenvalue weighted by Crippen LogP contribution is 2.19. The number of likely N-dealkylation sites (N-methyl/N-ethyl adjacent to an activating group) is 1. The monoisotopic (exact) mass is 222 g/mol. The summed E-state index contributed by atoms with van der Waals surface area (Å²) in [4.78, 5) is 13.6. The van der Waals surface area contributed by atoms with Crippen LogP contribution in [0.2, 0.25) is 0 Å². The van der Waals surface area contributed by atoms with Gasteiger partial charge >= 0.3 is 0 Å². The lowest BCUT2D eigenvalue weighted by atomic mass is 10.3. The molecule has 7 nitrogen and oxygen atoms in total. The van der Waals surface area contributed by atoms with Crippen molar-refractivity contribution in [1.29, 1.82) is 5.26 Å². The van der Waals surface area contributed by atoms with Crippen molar-refractivity contribution in [1.82, 2.24) is 10.3 Å². The van der Waals surface area contributed by atoms with Crippen LogP contribution in [-0.4, -0.2) is 30.1 Å². The van der Waals surface area contributed by atoms with Gasteiger partial charge < -0.3 is 10.1 Å². The van der Waals surface area contributed by atoms with Gasteiger partial charge in [-0.2, -0.15) is 5.26 Å². The standard InChI is InChI=1S/C9H10N4O3/c1-11-2-3-16-9-7(5-10)4-8(6-12-9)13(14)15/h4,6,11H,2-3H2,1H3. The smallest absolute Gasteiger partial charge is 0.289 e. The molecule has 0 aliphatic rings. The summed E-state index contributed by atoms with van der Waals surface area (Å²) in [6, 6.07) is 2.95. The molecule has 0 amide bonds. The molecule has 84 valence electrons. The molecule has 0 radical (unpaired) electrons. The maximum absolute atomic E-state index is 10.4. The summed E-state index contributed by atoms with van der Waals surface area (Å²) < 4.78 is 5.18. The van der Waals surface area contributed by atoms with E-state index in [1.165, 1.54) is 0 Å². The molecule has 0 saturated carbocycles. The fourth-order valence-electron chi connectivity index (χ4n) is 0.986. The SMILES string of the molecule is CNCCOc1ncc([N+](=O)[O-])cc1C#N. The van der Waals surface area contributed by atoms with Crippen molar-refractivity contribution in [3.63, 3.8) is 0 Å². The summed E-state index contributed by atoms with van der Waals surface area (Å²) in [6.45, 7) is 0.944. The van der Waals surface area contributed by atoms with E-state index in [1.54, 1.807) is 13.1 Å². The minimum atomic E-state index is -0.606. The van der Waals surface area contributed by atoms with Gasteiger partial charge in [-0.25, -0.2) is 4.98 Å². The highest BCUT2D eigenvalue weighted by Gasteiger charge is 2.12. The largest absolute Gasteiger partial charge is 0.475 e. The first-order valence-electron chi connectivity index (χ1n) is 4.51. The van der Waals surface area contributed by atoms with Crippen LogP contribution in [0.5, 0.6) is 5.88 Å². The quantitative estimate of drug-likeness (QED) is 0.441. The van der Waals surface area contributed by atoms with Gasteiger partial charge in [-0.05, 0) is 7.05 Å². The number of aromatic nitrogens is 1. The Morgan fingerprint density at radius 1 is 1.75 bits per heavy atom. The van der Waals surface area contributed by atoms with Crippen molar-refractivity contribution in [3.8, 4) is 11.9 Å². The van der Waals surface area contributed by atoms with Gasteiger partial charge in [-0.3, -0.25) is 10.1 Å². The minimum Gasteiger partial charge on any atom is -0.475 e. The van der Waals surface area contributed by atoms with Gasteiger partial charge in [-0.1, -0.05) is 0 Å². The third-order valence-corrected chi connectivity index (χ3v) is 1.76. The Kier molecular flexibility index (Phi) is 4.17. The highest BCUT2D eigenvalue weighted by atomic mass is 16.6. The van der Waals surface area contributed by atoms with Crippen molar-refractivity contribution >= 4 is 5.69 Å². The van der Waals surface area contributed by atoms with Crippen LogP contribution in [-0.2, 0) is 0 Å². The van der Waals surface area contributed by atoms with Gasteiger partial charge in [0.05, 0.1) is 4.92 Å². The van der Waals surface area contributed by atoms with E-state index >= 15 is 0 Å². The molecule has 1 rings (SSSR count). The lowest BCUT2D eigenvalue weighted by Crippen LogP contribution is -2.16. The normalized spacial score (nSPS) is 9.50. The molecule has 1 aromatic rings. The fourth-order valence-corrected chi connectivity index (χ4v) is 0.986. The first-order chi connectivity index (χ1) is 7.69. The second-order valence-electron chi connectivity index (χ2n) is 2.87. The molecule has 7 heteroatoms. The summed E-state index contributed by atoms with van der Waals surface area (Å²) in [5, 5.41) is 22.1. The number of nitrogens with one attached hydrogen (secondary N) is 1. The Hall–Kier alpha value is -2.20. The number of nitriles is 1. The van der Waals surface area contributed by atoms with E-state index in [0.717, 1.165) is 12.3 Å². The average molecular weight is 222 g/mol. The Morgan fingerprint density at radius 3 is 3.06 bits per heavy atom. The Morgan fingerprint density at radius 2 is 2.50 bits per heavy atom. The molecule has 0 saturated heterocycles. The molecule has 0 unspecified atom stereocenters. The van der Waals surface area contributed by atoms with Gasteiger partial charge in [0.1, 0.15) is 24.4 Å². The van der Waals surface area contributed by atoms with E-state index in [0.29, 0.717) is 13.2 Å². The third-order valence-electron chi connectivity index (χ3n) is 1.76. The number of hydrogen-bond donors (Lipinski definition) is 1. The molecule has 0 spiro atoms. The summed E-state index contributed by atoms with van der Waals surface area (Å²) in [5.41, 5.74) is -0.164. The molecule has 1 heterocycles. The van der Waals surface area contributed by atoms with E-state index in [1.807, 2.05) is 0 Å². The van der Waals surface area contributed by atoms with Crippen LogP contribution in [0.3, 0.4) is 0 Å². The molecular formula is C9H10N4O3. The number of ether oxygens (including phenoxy) is 1. The Balaban J connectivity index is 2.86. The Bertz CT molecular complexity index is 427. The number of rotatable bonds is 5. The maximum Gasteiger partial charge on any atom is 0.289 e. The highest BCUT2D eigenvalue weighted by molar-refractivity contribution is 5.44. The second kappa shape index (κ2) is 5.63. The van der Waals surface area contributed by atoms with Crippen LogP contribution < -0.4 is 10.1 Å². The van der Waals surface area contributed by atoms with Gasteiger partial charge in [0.2, 0.25) is 5.88 Å². The van der Waals surface area contributed by atoms with Crippen LogP contribution in [0.4, 0.5) is 5.69 Å². The predicted octanol–water partition coefficient (Wildman–Crippen LogP) is 0.460. The van der Waals surface area contributed by atoms with Crippen LogP contribution in [0.25, 0.3) is 0 Å². The van der Waals surface area contributed by atoms with E-state index < -0.39 is 4.92 Å². The van der Waals surface area contributed by atoms with E-state index in [4.69, 9.17) is 10.00 Å². The number of hydrogen-bond acceptors (Lipinski definition) is 6. The fraction of sp³-hybridized carbons (Fsp3) is 0.333. The summed E-state index contributed by atoms with van der Waals surface area (Å²) >= 11 is 0. The molecule has 0 aliphatic heterocycles. The van der Waals surface area contributed by atoms with Gasteiger partial charge in [-0.15, -0.1) is 0 Å². The molecule has 0 atom stereocenters. The summed E-state index contributed by atoms with van der Waals surface area (Å²) in [5.74, 6) is 0.114. The number of nitrogens with zero attached hydrogens (tertiary/aromatic N) is 3. The number of pyridine rings is 1. The molecule has 0 bridgehead atoms. The minimum absolute atomic E-state index is 0.0605. The predicted molar refractivity (Wildman–Crippen MR) is 55.0 cm³/mol. The summed E-state index contributed by atoms with van der Waals surface area (Å²) in [6.07, 6.45) is 1.07. The zero-order valence-corrected chi connectivity index (χ0v) is 8.64. The molecule has 0 aliphatic carbocycles. The first kappa shape index (κ1) is 11.9. The van der Waals surface area contributed by atoms with Crippen molar-refractivity contribution in [3.05, 3.63) is 27.9 Å². The second-order valence-corrected chi connectivity index (χ2v) is 2.87. The first-order valence-corrected chi connectivity index (χ1v) is 4.51. The van der Waals surface area contributed by atoms with Gasteiger partial charge in [0.15, 0.2) is 0 Å². The Labute approximate surface area is 91.8 Å². The summed E-state index contributed by atoms with van der Waals surface area (Å²) in [7, 11) is 1.76. The van der Waals surface area contributed by atoms with Crippen molar-refractivity contribution < 1.29 is 9.66 Å².